The van der Waals surface area contributed by atoms with Crippen LogP contribution >= 0.6 is 0 Å². The van der Waals surface area contributed by atoms with Gasteiger partial charge in [0.1, 0.15) is 17.3 Å². The summed E-state index contributed by atoms with van der Waals surface area (Å²) in [6.07, 6.45) is 3.63. The minimum absolute atomic E-state index is 0.287. The molecule has 0 radical (unpaired) electrons. The van der Waals surface area contributed by atoms with Crippen LogP contribution in [0.25, 0.3) is 16.9 Å². The number of aromatic nitrogens is 2. The summed E-state index contributed by atoms with van der Waals surface area (Å²) in [5.74, 6) is 0.495. The Hall–Kier alpha value is -3.93. The fraction of sp³-hybridized carbons (Fsp3) is 0.0435. The molecule has 0 saturated carbocycles. The van der Waals surface area contributed by atoms with Gasteiger partial charge >= 0.3 is 0 Å². The van der Waals surface area contributed by atoms with Crippen molar-refractivity contribution >= 4 is 11.9 Å². The van der Waals surface area contributed by atoms with Gasteiger partial charge in [0.2, 0.25) is 0 Å². The van der Waals surface area contributed by atoms with Gasteiger partial charge in [-0.1, -0.05) is 18.2 Å². The molecule has 0 atom stereocenters. The number of halogens is 1. The molecule has 0 aliphatic heterocycles. The Labute approximate surface area is 168 Å². The number of methoxy groups -OCH3 is 1. The third-order valence-electron chi connectivity index (χ3n) is 4.37. The van der Waals surface area contributed by atoms with Crippen molar-refractivity contribution in [1.82, 2.24) is 9.78 Å². The van der Waals surface area contributed by atoms with E-state index in [4.69, 9.17) is 9.84 Å². The van der Waals surface area contributed by atoms with E-state index in [1.807, 2.05) is 65.5 Å². The van der Waals surface area contributed by atoms with Crippen LogP contribution in [0.4, 0.5) is 10.1 Å². The van der Waals surface area contributed by atoms with Crippen molar-refractivity contribution in [3.63, 3.8) is 0 Å². The van der Waals surface area contributed by atoms with E-state index in [2.05, 4.69) is 10.5 Å². The lowest BCUT2D eigenvalue weighted by molar-refractivity contribution is 0.415. The van der Waals surface area contributed by atoms with Crippen LogP contribution in [0.15, 0.2) is 90.2 Å². The summed E-state index contributed by atoms with van der Waals surface area (Å²) in [6, 6.07) is 23.6. The highest BCUT2D eigenvalue weighted by Gasteiger charge is 2.11. The number of nitrogens with zero attached hydrogens (tertiary/aromatic N) is 3. The number of hydrazone groups is 1. The summed E-state index contributed by atoms with van der Waals surface area (Å²) in [5, 5.41) is 9.04. The predicted molar refractivity (Wildman–Crippen MR) is 113 cm³/mol. The van der Waals surface area contributed by atoms with Gasteiger partial charge in [-0.3, -0.25) is 5.43 Å². The van der Waals surface area contributed by atoms with Gasteiger partial charge in [0, 0.05) is 17.3 Å². The van der Waals surface area contributed by atoms with E-state index in [9.17, 15) is 4.39 Å². The molecular weight excluding hydrogens is 367 g/mol. The molecule has 4 rings (SSSR count). The van der Waals surface area contributed by atoms with E-state index in [1.165, 1.54) is 12.1 Å². The number of hydrogen-bond donors (Lipinski definition) is 1. The molecule has 4 aromatic rings. The second kappa shape index (κ2) is 8.39. The molecule has 29 heavy (non-hydrogen) atoms. The lowest BCUT2D eigenvalue weighted by atomic mass is 10.1. The van der Waals surface area contributed by atoms with E-state index in [-0.39, 0.29) is 5.82 Å². The average molecular weight is 386 g/mol. The maximum atomic E-state index is 13.0. The average Bonchev–Trinajstić information content (AvgIpc) is 3.20. The Morgan fingerprint density at radius 3 is 2.38 bits per heavy atom. The molecule has 0 aliphatic carbocycles. The second-order valence-electron chi connectivity index (χ2n) is 6.32. The van der Waals surface area contributed by atoms with Gasteiger partial charge in [0.15, 0.2) is 0 Å². The van der Waals surface area contributed by atoms with Gasteiger partial charge in [-0.15, -0.1) is 0 Å². The Bertz CT molecular complexity index is 1100. The maximum absolute atomic E-state index is 13.0. The van der Waals surface area contributed by atoms with Crippen molar-refractivity contribution < 1.29 is 9.13 Å². The van der Waals surface area contributed by atoms with Crippen LogP contribution < -0.4 is 10.2 Å². The van der Waals surface area contributed by atoms with Crippen molar-refractivity contribution in [2.45, 2.75) is 0 Å². The molecule has 3 aromatic carbocycles. The topological polar surface area (TPSA) is 51.4 Å². The first-order valence-corrected chi connectivity index (χ1v) is 9.07. The van der Waals surface area contributed by atoms with Crippen LogP contribution in [0.1, 0.15) is 5.56 Å². The molecule has 6 heteroatoms. The quantitative estimate of drug-likeness (QED) is 0.369. The summed E-state index contributed by atoms with van der Waals surface area (Å²) >= 11 is 0. The van der Waals surface area contributed by atoms with E-state index in [1.54, 1.807) is 25.5 Å². The largest absolute Gasteiger partial charge is 0.497 e. The smallest absolute Gasteiger partial charge is 0.123 e. The minimum atomic E-state index is -0.287. The monoisotopic (exact) mass is 386 g/mol. The minimum Gasteiger partial charge on any atom is -0.497 e. The lowest BCUT2D eigenvalue weighted by Gasteiger charge is -2.03. The number of para-hydroxylation sites is 1. The number of nitrogens with one attached hydrogen (secondary N) is 1. The molecule has 1 heterocycles. The van der Waals surface area contributed by atoms with Crippen molar-refractivity contribution in [2.24, 2.45) is 5.10 Å². The highest BCUT2D eigenvalue weighted by molar-refractivity contribution is 5.89. The van der Waals surface area contributed by atoms with Crippen LogP contribution in [0.2, 0.25) is 0 Å². The third kappa shape index (κ3) is 4.32. The van der Waals surface area contributed by atoms with Crippen LogP contribution in [0, 0.1) is 5.82 Å². The van der Waals surface area contributed by atoms with Crippen LogP contribution in [-0.2, 0) is 0 Å². The SMILES string of the molecule is COc1ccc(-c2nn(-c3ccccc3)cc2/C=N\Nc2ccc(F)cc2)cc1. The number of ether oxygens (including phenoxy) is 1. The van der Waals surface area contributed by atoms with E-state index < -0.39 is 0 Å². The fourth-order valence-electron chi connectivity index (χ4n) is 2.87. The van der Waals surface area contributed by atoms with Gasteiger partial charge in [0.25, 0.3) is 0 Å². The molecule has 0 amide bonds. The molecule has 1 N–H and O–H groups in total. The molecule has 0 spiro atoms. The van der Waals surface area contributed by atoms with E-state index >= 15 is 0 Å². The molecule has 0 aliphatic rings. The summed E-state index contributed by atoms with van der Waals surface area (Å²) in [6.45, 7) is 0. The number of anilines is 1. The van der Waals surface area contributed by atoms with Crippen LogP contribution in [0.5, 0.6) is 5.75 Å². The standard InChI is InChI=1S/C23H19FN4O/c1-29-22-13-7-17(8-14-22)23-18(15-25-26-20-11-9-19(24)10-12-20)16-28(27-23)21-5-3-2-4-6-21/h2-16,26H,1H3/b25-15-. The molecule has 1 aromatic heterocycles. The van der Waals surface area contributed by atoms with E-state index in [0.717, 1.165) is 28.3 Å². The second-order valence-corrected chi connectivity index (χ2v) is 6.32. The Morgan fingerprint density at radius 2 is 1.69 bits per heavy atom. The Balaban J connectivity index is 1.67. The number of rotatable bonds is 6. The van der Waals surface area contributed by atoms with Gasteiger partial charge in [-0.25, -0.2) is 9.07 Å². The first-order valence-electron chi connectivity index (χ1n) is 9.07. The van der Waals surface area contributed by atoms with Crippen molar-refractivity contribution in [1.29, 1.82) is 0 Å². The molecule has 0 bridgehead atoms. The number of hydrogen-bond acceptors (Lipinski definition) is 4. The predicted octanol–water partition coefficient (Wildman–Crippen LogP) is 5.13. The van der Waals surface area contributed by atoms with Crippen molar-refractivity contribution in [3.8, 4) is 22.7 Å². The lowest BCUT2D eigenvalue weighted by Crippen LogP contribution is -1.94. The summed E-state index contributed by atoms with van der Waals surface area (Å²) < 4.78 is 20.1. The molecule has 0 fully saturated rings. The molecule has 0 unspecified atom stereocenters. The van der Waals surface area contributed by atoms with Gasteiger partial charge in [-0.2, -0.15) is 10.2 Å². The van der Waals surface area contributed by atoms with Gasteiger partial charge in [0.05, 0.1) is 24.7 Å². The fourth-order valence-corrected chi connectivity index (χ4v) is 2.87. The maximum Gasteiger partial charge on any atom is 0.123 e. The molecular formula is C23H19FN4O. The Morgan fingerprint density at radius 1 is 0.966 bits per heavy atom. The zero-order valence-electron chi connectivity index (χ0n) is 15.8. The highest BCUT2D eigenvalue weighted by atomic mass is 19.1. The molecule has 144 valence electrons. The summed E-state index contributed by atoms with van der Waals surface area (Å²) in [5.41, 5.74) is 7.14. The Kier molecular flexibility index (Phi) is 5.33. The normalized spacial score (nSPS) is 11.0. The first kappa shape index (κ1) is 18.4. The highest BCUT2D eigenvalue weighted by Crippen LogP contribution is 2.25. The molecule has 5 nitrogen and oxygen atoms in total. The van der Waals surface area contributed by atoms with Gasteiger partial charge in [-0.05, 0) is 60.7 Å². The van der Waals surface area contributed by atoms with Crippen LogP contribution in [0.3, 0.4) is 0 Å². The zero-order valence-corrected chi connectivity index (χ0v) is 15.8. The van der Waals surface area contributed by atoms with Crippen molar-refractivity contribution in [2.75, 3.05) is 12.5 Å². The van der Waals surface area contributed by atoms with Gasteiger partial charge < -0.3 is 4.74 Å². The summed E-state index contributed by atoms with van der Waals surface area (Å²) in [4.78, 5) is 0. The number of benzene rings is 3. The zero-order chi connectivity index (χ0) is 20.1. The first-order chi connectivity index (χ1) is 14.2. The summed E-state index contributed by atoms with van der Waals surface area (Å²) in [7, 11) is 1.64. The van der Waals surface area contributed by atoms with Crippen LogP contribution in [-0.4, -0.2) is 23.1 Å². The third-order valence-corrected chi connectivity index (χ3v) is 4.37. The molecule has 0 saturated heterocycles. The van der Waals surface area contributed by atoms with E-state index in [0.29, 0.717) is 5.69 Å². The van der Waals surface area contributed by atoms with Crippen molar-refractivity contribution in [3.05, 3.63) is 96.4 Å².